The van der Waals surface area contributed by atoms with Crippen LogP contribution in [0.25, 0.3) is 0 Å². The third-order valence-corrected chi connectivity index (χ3v) is 4.68. The third kappa shape index (κ3) is 3.27. The average molecular weight is 319 g/mol. The van der Waals surface area contributed by atoms with E-state index in [0.717, 1.165) is 11.4 Å². The Labute approximate surface area is 136 Å². The summed E-state index contributed by atoms with van der Waals surface area (Å²) in [6.07, 6.45) is 2.37. The van der Waals surface area contributed by atoms with Crippen molar-refractivity contribution in [3.63, 3.8) is 0 Å². The fourth-order valence-corrected chi connectivity index (χ4v) is 3.30. The highest BCUT2D eigenvalue weighted by atomic mass is 16.5. The van der Waals surface area contributed by atoms with Gasteiger partial charge in [-0.25, -0.2) is 0 Å². The summed E-state index contributed by atoms with van der Waals surface area (Å²) in [7, 11) is 0. The quantitative estimate of drug-likeness (QED) is 0.913. The van der Waals surface area contributed by atoms with E-state index in [1.807, 2.05) is 19.9 Å². The van der Waals surface area contributed by atoms with Crippen LogP contribution in [0.15, 0.2) is 6.07 Å². The molecule has 2 fully saturated rings. The minimum atomic E-state index is -0.524. The number of morpholine rings is 1. The highest BCUT2D eigenvalue weighted by molar-refractivity contribution is 5.98. The fourth-order valence-electron chi connectivity index (χ4n) is 3.30. The summed E-state index contributed by atoms with van der Waals surface area (Å²) in [6.45, 7) is 8.07. The molecule has 1 saturated carbocycles. The van der Waals surface area contributed by atoms with Crippen LogP contribution >= 0.6 is 0 Å². The van der Waals surface area contributed by atoms with Gasteiger partial charge in [-0.05, 0) is 39.7 Å². The molecule has 1 aromatic heterocycles. The summed E-state index contributed by atoms with van der Waals surface area (Å²) in [5.41, 5.74) is 2.78. The van der Waals surface area contributed by atoms with E-state index in [0.29, 0.717) is 37.9 Å². The molecular formula is C17H25N3O3. The zero-order valence-corrected chi connectivity index (χ0v) is 14.1. The molecule has 0 aromatic carbocycles. The molecule has 1 atom stereocenters. The molecule has 3 rings (SSSR count). The number of hydrogen-bond donors (Lipinski definition) is 1. The van der Waals surface area contributed by atoms with Crippen molar-refractivity contribution in [2.75, 3.05) is 26.3 Å². The maximum Gasteiger partial charge on any atom is 0.253 e. The van der Waals surface area contributed by atoms with Gasteiger partial charge in [0.25, 0.3) is 5.91 Å². The smallest absolute Gasteiger partial charge is 0.253 e. The maximum atomic E-state index is 12.6. The van der Waals surface area contributed by atoms with Gasteiger partial charge in [-0.15, -0.1) is 0 Å². The van der Waals surface area contributed by atoms with Crippen LogP contribution < -0.4 is 5.32 Å². The summed E-state index contributed by atoms with van der Waals surface area (Å²) in [5.74, 6) is -0.211. The van der Waals surface area contributed by atoms with Gasteiger partial charge in [0.1, 0.15) is 6.04 Å². The minimum Gasteiger partial charge on any atom is -0.378 e. The topological polar surface area (TPSA) is 63.6 Å². The number of nitrogens with one attached hydrogen (secondary N) is 1. The van der Waals surface area contributed by atoms with Gasteiger partial charge in [0.05, 0.1) is 18.8 Å². The van der Waals surface area contributed by atoms with Crippen molar-refractivity contribution < 1.29 is 14.3 Å². The number of ether oxygens (including phenoxy) is 1. The van der Waals surface area contributed by atoms with Crippen molar-refractivity contribution >= 4 is 11.8 Å². The Morgan fingerprint density at radius 3 is 2.52 bits per heavy atom. The van der Waals surface area contributed by atoms with Gasteiger partial charge in [0, 0.05) is 30.5 Å². The molecule has 0 radical (unpaired) electrons. The summed E-state index contributed by atoms with van der Waals surface area (Å²) in [4.78, 5) is 26.7. The summed E-state index contributed by atoms with van der Waals surface area (Å²) in [6, 6.07) is 1.95. The molecule has 6 heteroatoms. The fraction of sp³-hybridized carbons (Fsp3) is 0.647. The SMILES string of the molecule is Cc1cc(C(=O)N[C@H](C)C(=O)N2CCOCC2)c(C)n1C1CC1. The lowest BCUT2D eigenvalue weighted by molar-refractivity contribution is -0.136. The molecule has 2 heterocycles. The first-order valence-electron chi connectivity index (χ1n) is 8.35. The van der Waals surface area contributed by atoms with Gasteiger partial charge < -0.3 is 19.5 Å². The molecule has 2 aliphatic rings. The Morgan fingerprint density at radius 1 is 1.26 bits per heavy atom. The molecule has 1 saturated heterocycles. The number of aromatic nitrogens is 1. The number of hydrogen-bond acceptors (Lipinski definition) is 3. The standard InChI is InChI=1S/C17H25N3O3/c1-11-10-15(13(3)20(11)14-4-5-14)16(21)18-12(2)17(22)19-6-8-23-9-7-19/h10,12,14H,4-9H2,1-3H3,(H,18,21)/t12-/m1/s1. The van der Waals surface area contributed by atoms with Crippen molar-refractivity contribution in [3.8, 4) is 0 Å². The Hall–Kier alpha value is -1.82. The molecule has 0 unspecified atom stereocenters. The van der Waals surface area contributed by atoms with Gasteiger partial charge >= 0.3 is 0 Å². The molecule has 0 spiro atoms. The van der Waals surface area contributed by atoms with Crippen molar-refractivity contribution in [3.05, 3.63) is 23.0 Å². The Bertz CT molecular complexity index is 613. The summed E-state index contributed by atoms with van der Waals surface area (Å²) < 4.78 is 7.50. The molecule has 6 nitrogen and oxygen atoms in total. The van der Waals surface area contributed by atoms with E-state index in [1.165, 1.54) is 12.8 Å². The number of nitrogens with zero attached hydrogens (tertiary/aromatic N) is 2. The molecule has 1 aromatic rings. The predicted molar refractivity (Wildman–Crippen MR) is 86.5 cm³/mol. The molecular weight excluding hydrogens is 294 g/mol. The Balaban J connectivity index is 1.66. The first-order chi connectivity index (χ1) is 11.0. The van der Waals surface area contributed by atoms with E-state index >= 15 is 0 Å². The second kappa shape index (κ2) is 6.35. The van der Waals surface area contributed by atoms with Gasteiger partial charge in [0.2, 0.25) is 5.91 Å². The monoisotopic (exact) mass is 319 g/mol. The summed E-state index contributed by atoms with van der Waals surface area (Å²) >= 11 is 0. The number of rotatable bonds is 4. The first kappa shape index (κ1) is 16.1. The van der Waals surface area contributed by atoms with Gasteiger partial charge in [-0.2, -0.15) is 0 Å². The van der Waals surface area contributed by atoms with Crippen LogP contribution in [0, 0.1) is 13.8 Å². The van der Waals surface area contributed by atoms with E-state index in [1.54, 1.807) is 11.8 Å². The van der Waals surface area contributed by atoms with Crippen LogP contribution in [0.2, 0.25) is 0 Å². The zero-order valence-electron chi connectivity index (χ0n) is 14.1. The van der Waals surface area contributed by atoms with Crippen molar-refractivity contribution in [2.45, 2.75) is 45.7 Å². The second-order valence-corrected chi connectivity index (χ2v) is 6.52. The summed E-state index contributed by atoms with van der Waals surface area (Å²) in [5, 5.41) is 2.85. The van der Waals surface area contributed by atoms with Crippen LogP contribution in [0.1, 0.15) is 47.6 Å². The number of carbonyl (C=O) groups is 2. The van der Waals surface area contributed by atoms with E-state index in [-0.39, 0.29) is 11.8 Å². The van der Waals surface area contributed by atoms with Crippen LogP contribution in [0.3, 0.4) is 0 Å². The first-order valence-corrected chi connectivity index (χ1v) is 8.35. The number of amides is 2. The lowest BCUT2D eigenvalue weighted by atomic mass is 10.2. The van der Waals surface area contributed by atoms with Crippen molar-refractivity contribution in [1.29, 1.82) is 0 Å². The lowest BCUT2D eigenvalue weighted by Crippen LogP contribution is -2.50. The van der Waals surface area contributed by atoms with Crippen LogP contribution in [-0.2, 0) is 9.53 Å². The molecule has 23 heavy (non-hydrogen) atoms. The third-order valence-electron chi connectivity index (χ3n) is 4.68. The van der Waals surface area contributed by atoms with Gasteiger partial charge in [0.15, 0.2) is 0 Å². The number of aryl methyl sites for hydroxylation is 1. The maximum absolute atomic E-state index is 12.6. The molecule has 2 amide bonds. The predicted octanol–water partition coefficient (Wildman–Crippen LogP) is 1.42. The molecule has 0 bridgehead atoms. The van der Waals surface area contributed by atoms with E-state index in [9.17, 15) is 9.59 Å². The Morgan fingerprint density at radius 2 is 1.91 bits per heavy atom. The van der Waals surface area contributed by atoms with Crippen LogP contribution in [-0.4, -0.2) is 53.6 Å². The zero-order chi connectivity index (χ0) is 16.6. The Kier molecular flexibility index (Phi) is 4.43. The van der Waals surface area contributed by atoms with E-state index in [2.05, 4.69) is 9.88 Å². The van der Waals surface area contributed by atoms with Crippen LogP contribution in [0.5, 0.6) is 0 Å². The van der Waals surface area contributed by atoms with Crippen molar-refractivity contribution in [2.24, 2.45) is 0 Å². The molecule has 1 N–H and O–H groups in total. The van der Waals surface area contributed by atoms with Gasteiger partial charge in [-0.1, -0.05) is 0 Å². The largest absolute Gasteiger partial charge is 0.378 e. The second-order valence-electron chi connectivity index (χ2n) is 6.52. The molecule has 126 valence electrons. The number of carbonyl (C=O) groups excluding carboxylic acids is 2. The van der Waals surface area contributed by atoms with E-state index < -0.39 is 6.04 Å². The highest BCUT2D eigenvalue weighted by Gasteiger charge is 2.29. The normalized spacial score (nSPS) is 19.5. The highest BCUT2D eigenvalue weighted by Crippen LogP contribution is 2.38. The van der Waals surface area contributed by atoms with Crippen LogP contribution in [0.4, 0.5) is 0 Å². The minimum absolute atomic E-state index is 0.0438. The average Bonchev–Trinajstić information content (AvgIpc) is 3.32. The van der Waals surface area contributed by atoms with Gasteiger partial charge in [-0.3, -0.25) is 9.59 Å². The van der Waals surface area contributed by atoms with E-state index in [4.69, 9.17) is 4.74 Å². The van der Waals surface area contributed by atoms with Crippen molar-refractivity contribution in [1.82, 2.24) is 14.8 Å². The lowest BCUT2D eigenvalue weighted by Gasteiger charge is -2.29. The molecule has 1 aliphatic carbocycles. The molecule has 1 aliphatic heterocycles.